The van der Waals surface area contributed by atoms with E-state index < -0.39 is 47.5 Å². The van der Waals surface area contributed by atoms with E-state index >= 15 is 0 Å². The molecule has 9 N–H and O–H groups in total. The number of aryl methyl sites for hydroxylation is 7. The van der Waals surface area contributed by atoms with Gasteiger partial charge in [-0.25, -0.2) is 38.4 Å². The van der Waals surface area contributed by atoms with Crippen LogP contribution in [0.3, 0.4) is 0 Å². The summed E-state index contributed by atoms with van der Waals surface area (Å²) in [6, 6.07) is 37.6. The van der Waals surface area contributed by atoms with Gasteiger partial charge in [0.1, 0.15) is 5.60 Å². The first-order chi connectivity index (χ1) is 63.1. The molecule has 29 nitrogen and oxygen atoms in total. The van der Waals surface area contributed by atoms with E-state index in [0.29, 0.717) is 83.2 Å². The van der Waals surface area contributed by atoms with Crippen LogP contribution in [0.5, 0.6) is 0 Å². The fourth-order valence-electron chi connectivity index (χ4n) is 17.9. The lowest BCUT2D eigenvalue weighted by Gasteiger charge is -2.22. The standard InChI is InChI=1S/C19H25NO3.C18H23NO3.C16H21NO4.C11H11NO3.C11H10O3.C10H10O4.C10H8O3.C8H14O2/c1-23-19(22)15-8-7-14-9-10-17(16(14)12-15)20-18(21)11-6-13-4-2-3-5-13;20-17(10-5-12-3-1-2-4-12)19-16-9-8-13-6-7-14(18(21)22)11-15(13)16;1-16(2,3)21-15(19)17-13-8-7-10-5-6-11(9-12(10)13)14(18)20-4;1-15-11(13)8-3-2-7-4-5-10(12-14)9(7)6-8;1-14-11(13)8-3-2-7-4-5-10(12)9(7)6-8;11-9(12)6-3-7-1-4-8(5-2-7)10(13)14;11-9-4-3-6-1-2-7(10(12)13)5-8(6)9;9-8(10)6-5-7-3-1-2-4-7/h7-8,12-13,17H,2-6,9-11H2,1H3,(H,20,21);6-7,11-12,16H,1-5,8-10H2,(H,19,20)(H,21,22);5-6,9,13H,7-8H2,1-4H3,(H,17,19);2-3,6,14H,4-5H2,1H3;2-3,6H,4-5H2,1H3;1-2,4-5H,3,6H2,(H,11,12)(H,13,14);1-2,5H,3-4H2,(H,12,13);7H,1-6H2,(H,9,10)/b;;;12-10+;;;;. The summed E-state index contributed by atoms with van der Waals surface area (Å²) in [5, 5.41) is 64.3. The van der Waals surface area contributed by atoms with Gasteiger partial charge in [0.05, 0.1) is 91.2 Å². The number of benzene rings is 7. The molecule has 0 spiro atoms. The summed E-state index contributed by atoms with van der Waals surface area (Å²) in [6.07, 6.45) is 29.5. The number of nitrogens with zero attached hydrogens (tertiary/aromatic N) is 1. The number of carbonyl (C=O) groups excluding carboxylic acids is 9. The molecule has 7 aromatic rings. The molecule has 0 saturated heterocycles. The van der Waals surface area contributed by atoms with Crippen molar-refractivity contribution in [2.24, 2.45) is 22.9 Å². The summed E-state index contributed by atoms with van der Waals surface area (Å²) in [5.74, 6) is -3.26. The van der Waals surface area contributed by atoms with Crippen LogP contribution in [0.1, 0.15) is 354 Å². The lowest BCUT2D eigenvalue weighted by molar-refractivity contribution is -0.138. The molecule has 7 aromatic carbocycles. The molecule has 0 aromatic heterocycles. The minimum Gasteiger partial charge on any atom is -0.481 e. The number of oxime groups is 1. The van der Waals surface area contributed by atoms with Crippen molar-refractivity contribution in [2.75, 3.05) is 28.4 Å². The van der Waals surface area contributed by atoms with Crippen LogP contribution in [0, 0.1) is 17.8 Å². The Hall–Kier alpha value is -13.2. The number of hydrogen-bond donors (Lipinski definition) is 9. The van der Waals surface area contributed by atoms with Crippen molar-refractivity contribution in [1.29, 1.82) is 0 Å². The van der Waals surface area contributed by atoms with Crippen molar-refractivity contribution in [2.45, 2.75) is 250 Å². The van der Waals surface area contributed by atoms with E-state index in [4.69, 9.17) is 45.0 Å². The number of carbonyl (C=O) groups is 14. The van der Waals surface area contributed by atoms with Crippen LogP contribution >= 0.6 is 0 Å². The second-order valence-electron chi connectivity index (χ2n) is 35.2. The number of fused-ring (bicyclic) bond motifs is 6. The highest BCUT2D eigenvalue weighted by Gasteiger charge is 2.32. The second-order valence-corrected chi connectivity index (χ2v) is 35.2. The highest BCUT2D eigenvalue weighted by molar-refractivity contribution is 6.06. The zero-order valence-corrected chi connectivity index (χ0v) is 76.2. The molecule has 132 heavy (non-hydrogen) atoms. The summed E-state index contributed by atoms with van der Waals surface area (Å²) in [7, 11) is 5.41. The van der Waals surface area contributed by atoms with Crippen LogP contribution in [0.2, 0.25) is 0 Å². The minimum absolute atomic E-state index is 0.0228. The average Bonchev–Trinajstić information content (AvgIpc) is 1.67. The molecule has 3 saturated carbocycles. The van der Waals surface area contributed by atoms with Crippen molar-refractivity contribution < 1.29 is 122 Å². The number of aromatic carboxylic acids is 3. The number of alkyl carbamates (subject to hydrolysis) is 1. The fourth-order valence-corrected chi connectivity index (χ4v) is 17.9. The van der Waals surface area contributed by atoms with Gasteiger partial charge in [0.15, 0.2) is 11.6 Å². The lowest BCUT2D eigenvalue weighted by Crippen LogP contribution is -2.34. The van der Waals surface area contributed by atoms with Gasteiger partial charge >= 0.3 is 59.8 Å². The number of methoxy groups -OCH3 is 4. The maximum atomic E-state index is 12.2. The molecule has 0 radical (unpaired) electrons. The number of carboxylic acids is 5. The van der Waals surface area contributed by atoms with Crippen LogP contribution in [-0.2, 0) is 87.8 Å². The number of rotatable bonds is 22. The first-order valence-corrected chi connectivity index (χ1v) is 45.3. The van der Waals surface area contributed by atoms with Crippen molar-refractivity contribution in [3.8, 4) is 0 Å². The normalized spacial score (nSPS) is 17.0. The third-order valence-electron chi connectivity index (χ3n) is 25.0. The van der Waals surface area contributed by atoms with Crippen molar-refractivity contribution in [1.82, 2.24) is 16.0 Å². The van der Waals surface area contributed by atoms with Crippen molar-refractivity contribution >= 4 is 88.9 Å². The first kappa shape index (κ1) is 103. The third-order valence-corrected chi connectivity index (χ3v) is 25.0. The molecule has 0 heterocycles. The lowest BCUT2D eigenvalue weighted by atomic mass is 10.0. The van der Waals surface area contributed by atoms with E-state index in [2.05, 4.69) is 30.6 Å². The monoisotopic (exact) mass is 1810 g/mol. The highest BCUT2D eigenvalue weighted by Crippen LogP contribution is 2.38. The van der Waals surface area contributed by atoms with Crippen molar-refractivity contribution in [3.05, 3.63) is 245 Å². The van der Waals surface area contributed by atoms with Crippen LogP contribution in [0.4, 0.5) is 4.79 Å². The van der Waals surface area contributed by atoms with Crippen molar-refractivity contribution in [3.63, 3.8) is 0 Å². The van der Waals surface area contributed by atoms with Crippen LogP contribution in [0.15, 0.2) is 139 Å². The Kier molecular flexibility index (Phi) is 39.0. The smallest absolute Gasteiger partial charge is 0.408 e. The maximum absolute atomic E-state index is 12.2. The molecule has 3 fully saturated rings. The number of aliphatic carboxylic acids is 2. The summed E-state index contributed by atoms with van der Waals surface area (Å²) >= 11 is 0. The molecule has 29 heteroatoms. The van der Waals surface area contributed by atoms with Crippen LogP contribution in [-0.4, -0.2) is 154 Å². The molecule has 3 unspecified atom stereocenters. The van der Waals surface area contributed by atoms with Crippen LogP contribution < -0.4 is 16.0 Å². The Labute approximate surface area is 768 Å². The quantitative estimate of drug-likeness (QED) is 0.0132. The van der Waals surface area contributed by atoms with Gasteiger partial charge in [-0.05, 0) is 269 Å². The van der Waals surface area contributed by atoms with Gasteiger partial charge in [0.25, 0.3) is 0 Å². The van der Waals surface area contributed by atoms with E-state index in [9.17, 15) is 67.1 Å². The number of ether oxygens (including phenoxy) is 5. The zero-order chi connectivity index (χ0) is 95.7. The Morgan fingerprint density at radius 2 is 0.659 bits per heavy atom. The largest absolute Gasteiger partial charge is 0.481 e. The van der Waals surface area contributed by atoms with E-state index in [1.807, 2.05) is 57.2 Å². The predicted octanol–water partition coefficient (Wildman–Crippen LogP) is 18.1. The highest BCUT2D eigenvalue weighted by atomic mass is 16.6. The Bertz CT molecular complexity index is 5340. The average molecular weight is 1820 g/mol. The maximum Gasteiger partial charge on any atom is 0.408 e. The Morgan fingerprint density at radius 1 is 0.348 bits per heavy atom. The summed E-state index contributed by atoms with van der Waals surface area (Å²) in [5.41, 5.74) is 15.4. The number of Topliss-reactive ketones (excluding diaryl/α,β-unsaturated/α-hetero) is 2. The molecular weight excluding hydrogens is 1690 g/mol. The number of ketones is 2. The number of amides is 3. The molecule has 9 aliphatic carbocycles. The van der Waals surface area contributed by atoms with Gasteiger partial charge in [-0.15, -0.1) is 0 Å². The minimum atomic E-state index is -0.984. The third kappa shape index (κ3) is 31.0. The Balaban J connectivity index is 0.000000172. The topological polar surface area (TPSA) is 455 Å². The van der Waals surface area contributed by atoms with E-state index in [1.54, 1.807) is 78.9 Å². The summed E-state index contributed by atoms with van der Waals surface area (Å²) < 4.78 is 24.0. The number of nitrogens with one attached hydrogen (secondary N) is 3. The number of carboxylic acid groups (broad SMARTS) is 5. The number of esters is 4. The summed E-state index contributed by atoms with van der Waals surface area (Å²) in [4.78, 5) is 157. The predicted molar refractivity (Wildman–Crippen MR) is 489 cm³/mol. The van der Waals surface area contributed by atoms with Gasteiger partial charge in [-0.3, -0.25) is 28.8 Å². The molecule has 9 aliphatic rings. The van der Waals surface area contributed by atoms with Gasteiger partial charge < -0.3 is 70.4 Å². The van der Waals surface area contributed by atoms with E-state index in [1.165, 1.54) is 129 Å². The fraction of sp³-hybridized carbons (Fsp3) is 0.447. The van der Waals surface area contributed by atoms with Gasteiger partial charge in [-0.2, -0.15) is 0 Å². The van der Waals surface area contributed by atoms with Gasteiger partial charge in [0, 0.05) is 55.2 Å². The molecule has 0 bridgehead atoms. The second kappa shape index (κ2) is 50.3. The molecular formula is C103H122N4O25. The van der Waals surface area contributed by atoms with Gasteiger partial charge in [-0.1, -0.05) is 131 Å². The number of hydrogen-bond acceptors (Lipinski definition) is 21. The molecule has 704 valence electrons. The molecule has 3 atom stereocenters. The van der Waals surface area contributed by atoms with E-state index in [0.717, 1.165) is 157 Å². The molecule has 3 amide bonds. The summed E-state index contributed by atoms with van der Waals surface area (Å²) in [6.45, 7) is 5.47. The first-order valence-electron chi connectivity index (χ1n) is 45.3. The van der Waals surface area contributed by atoms with Gasteiger partial charge in [0.2, 0.25) is 11.8 Å². The van der Waals surface area contributed by atoms with Crippen LogP contribution in [0.25, 0.3) is 0 Å². The zero-order valence-electron chi connectivity index (χ0n) is 76.2. The SMILES string of the molecule is COC(=O)c1ccc2c(c1)/C(=N/O)CC2.COC(=O)c1ccc2c(c1)C(=O)CC2.COC(=O)c1ccc2c(c1)C(NC(=O)CCC1CCCC1)CC2.COC(=O)c1ccc2c(c1)C(NC(=O)OC(C)(C)C)CC2.O=C(CCC1CCCC1)NC1CCc2ccc(C(=O)O)cc21.O=C(O)CCC1CCCC1.O=C(O)CCc1ccc(C(=O)O)cc1.O=C(O)c1ccc2c(c1)C(=O)CC2. The molecule has 0 aliphatic heterocycles. The van der Waals surface area contributed by atoms with E-state index in [-0.39, 0.29) is 77.0 Å². The Morgan fingerprint density at radius 3 is 1.02 bits per heavy atom. The molecule has 16 rings (SSSR count).